The van der Waals surface area contributed by atoms with Gasteiger partial charge in [0.15, 0.2) is 5.82 Å². The van der Waals surface area contributed by atoms with E-state index < -0.39 is 0 Å². The van der Waals surface area contributed by atoms with Gasteiger partial charge in [-0.25, -0.2) is 9.97 Å². The Hall–Kier alpha value is -5.41. The summed E-state index contributed by atoms with van der Waals surface area (Å²) in [6.45, 7) is 0. The normalized spacial score (nSPS) is 11.8. The summed E-state index contributed by atoms with van der Waals surface area (Å²) >= 11 is 0. The van der Waals surface area contributed by atoms with Crippen LogP contribution >= 0.6 is 0 Å². The van der Waals surface area contributed by atoms with Crippen molar-refractivity contribution in [1.82, 2.24) is 15.0 Å². The fourth-order valence-electron chi connectivity index (χ4n) is 6.01. The molecule has 41 heavy (non-hydrogen) atoms. The second kappa shape index (κ2) is 9.65. The molecule has 0 radical (unpaired) electrons. The standard InChI is InChI=1S/C38H25N3/c1-3-11-25(12-4-1)28-21-29(36-34-24-27-15-7-8-16-31(27)32(34)19-20-39-36)23-30(22-28)38-40-35-18-10-9-17-33(35)37(41-38)26-13-5-2-6-14-26/h1-23H,24H2. The Morgan fingerprint density at radius 2 is 1.15 bits per heavy atom. The lowest BCUT2D eigenvalue weighted by atomic mass is 9.94. The van der Waals surface area contributed by atoms with Crippen LogP contribution in [0.4, 0.5) is 0 Å². The second-order valence-electron chi connectivity index (χ2n) is 10.5. The number of nitrogens with zero attached hydrogens (tertiary/aromatic N) is 3. The van der Waals surface area contributed by atoms with Crippen LogP contribution in [0.25, 0.3) is 67.1 Å². The Kier molecular flexibility index (Phi) is 5.53. The molecule has 0 fully saturated rings. The molecule has 2 aromatic heterocycles. The number of para-hydroxylation sites is 1. The molecule has 0 spiro atoms. The van der Waals surface area contributed by atoms with E-state index in [9.17, 15) is 0 Å². The molecule has 1 aliphatic carbocycles. The molecule has 8 rings (SSSR count). The van der Waals surface area contributed by atoms with Gasteiger partial charge in [0.2, 0.25) is 0 Å². The van der Waals surface area contributed by atoms with Crippen LogP contribution in [-0.4, -0.2) is 15.0 Å². The van der Waals surface area contributed by atoms with Crippen LogP contribution < -0.4 is 0 Å². The first-order chi connectivity index (χ1) is 20.3. The molecule has 0 saturated carbocycles. The van der Waals surface area contributed by atoms with Crippen molar-refractivity contribution in [3.05, 3.63) is 151 Å². The predicted molar refractivity (Wildman–Crippen MR) is 167 cm³/mol. The lowest BCUT2D eigenvalue weighted by molar-refractivity contribution is 1.20. The summed E-state index contributed by atoms with van der Waals surface area (Å²) in [6.07, 6.45) is 2.81. The Morgan fingerprint density at radius 1 is 0.463 bits per heavy atom. The average molecular weight is 524 g/mol. The topological polar surface area (TPSA) is 38.7 Å². The van der Waals surface area contributed by atoms with Gasteiger partial charge in [0, 0.05) is 34.7 Å². The first kappa shape index (κ1) is 23.5. The summed E-state index contributed by atoms with van der Waals surface area (Å²) in [5, 5.41) is 1.04. The molecule has 1 aliphatic rings. The van der Waals surface area contributed by atoms with Gasteiger partial charge in [-0.3, -0.25) is 4.98 Å². The maximum atomic E-state index is 5.18. The monoisotopic (exact) mass is 523 g/mol. The van der Waals surface area contributed by atoms with Crippen molar-refractivity contribution >= 4 is 10.9 Å². The molecule has 192 valence electrons. The van der Waals surface area contributed by atoms with Crippen molar-refractivity contribution in [3.8, 4) is 56.2 Å². The lowest BCUT2D eigenvalue weighted by Crippen LogP contribution is -1.97. The molecule has 0 N–H and O–H groups in total. The van der Waals surface area contributed by atoms with Crippen LogP contribution in [0.15, 0.2) is 140 Å². The minimum atomic E-state index is 0.706. The number of pyridine rings is 1. The fourth-order valence-corrected chi connectivity index (χ4v) is 6.01. The zero-order valence-corrected chi connectivity index (χ0v) is 22.3. The first-order valence-corrected chi connectivity index (χ1v) is 13.9. The van der Waals surface area contributed by atoms with Gasteiger partial charge in [-0.05, 0) is 63.7 Å². The van der Waals surface area contributed by atoms with Crippen molar-refractivity contribution in [1.29, 1.82) is 0 Å². The molecule has 0 aliphatic heterocycles. The van der Waals surface area contributed by atoms with E-state index in [1.54, 1.807) is 0 Å². The molecule has 2 heterocycles. The third-order valence-electron chi connectivity index (χ3n) is 7.95. The average Bonchev–Trinajstić information content (AvgIpc) is 3.44. The maximum absolute atomic E-state index is 5.18. The highest BCUT2D eigenvalue weighted by atomic mass is 14.9. The smallest absolute Gasteiger partial charge is 0.160 e. The van der Waals surface area contributed by atoms with E-state index in [-0.39, 0.29) is 0 Å². The Morgan fingerprint density at radius 3 is 2.00 bits per heavy atom. The number of rotatable bonds is 4. The molecule has 0 atom stereocenters. The molecule has 3 nitrogen and oxygen atoms in total. The van der Waals surface area contributed by atoms with E-state index in [4.69, 9.17) is 15.0 Å². The zero-order chi connectivity index (χ0) is 27.2. The predicted octanol–water partition coefficient (Wildman–Crippen LogP) is 9.26. The quantitative estimate of drug-likeness (QED) is 0.231. The largest absolute Gasteiger partial charge is 0.256 e. The summed E-state index contributed by atoms with van der Waals surface area (Å²) in [5.74, 6) is 0.706. The molecule has 7 aromatic rings. The lowest BCUT2D eigenvalue weighted by Gasteiger charge is -2.14. The van der Waals surface area contributed by atoms with Gasteiger partial charge in [0.1, 0.15) is 0 Å². The van der Waals surface area contributed by atoms with E-state index >= 15 is 0 Å². The first-order valence-electron chi connectivity index (χ1n) is 13.9. The molecule has 5 aromatic carbocycles. The molecule has 0 unspecified atom stereocenters. The van der Waals surface area contributed by atoms with Gasteiger partial charge >= 0.3 is 0 Å². The Balaban J connectivity index is 1.36. The molecule has 0 bridgehead atoms. The molecular formula is C38H25N3. The zero-order valence-electron chi connectivity index (χ0n) is 22.3. The van der Waals surface area contributed by atoms with Crippen LogP contribution in [-0.2, 0) is 6.42 Å². The van der Waals surface area contributed by atoms with E-state index in [1.165, 1.54) is 22.3 Å². The van der Waals surface area contributed by atoms with Crippen molar-refractivity contribution in [2.24, 2.45) is 0 Å². The number of fused-ring (bicyclic) bond motifs is 4. The number of benzene rings is 5. The number of aromatic nitrogens is 3. The van der Waals surface area contributed by atoms with E-state index in [2.05, 4.69) is 115 Å². The van der Waals surface area contributed by atoms with Gasteiger partial charge in [-0.15, -0.1) is 0 Å². The molecule has 0 saturated heterocycles. The molecule has 3 heteroatoms. The third kappa shape index (κ3) is 4.11. The van der Waals surface area contributed by atoms with E-state index in [0.29, 0.717) is 5.82 Å². The van der Waals surface area contributed by atoms with Gasteiger partial charge < -0.3 is 0 Å². The third-order valence-corrected chi connectivity index (χ3v) is 7.95. The van der Waals surface area contributed by atoms with E-state index in [0.717, 1.165) is 56.5 Å². The van der Waals surface area contributed by atoms with Crippen LogP contribution in [0.3, 0.4) is 0 Å². The summed E-state index contributed by atoms with van der Waals surface area (Å²) in [4.78, 5) is 15.2. The molecule has 0 amide bonds. The SMILES string of the molecule is c1ccc(-c2cc(-c3nc(-c4ccccc4)c4ccccc4n3)cc(-c3nccc4c3Cc3ccccc3-4)c2)cc1. The van der Waals surface area contributed by atoms with Crippen LogP contribution in [0.1, 0.15) is 11.1 Å². The highest BCUT2D eigenvalue weighted by Gasteiger charge is 2.23. The minimum absolute atomic E-state index is 0.706. The van der Waals surface area contributed by atoms with Crippen LogP contribution in [0.2, 0.25) is 0 Å². The summed E-state index contributed by atoms with van der Waals surface area (Å²) in [7, 11) is 0. The number of hydrogen-bond acceptors (Lipinski definition) is 3. The summed E-state index contributed by atoms with van der Waals surface area (Å²) in [6, 6.07) is 46.6. The minimum Gasteiger partial charge on any atom is -0.256 e. The Bertz CT molecular complexity index is 2060. The Labute approximate surface area is 238 Å². The highest BCUT2D eigenvalue weighted by molar-refractivity contribution is 5.94. The van der Waals surface area contributed by atoms with Crippen molar-refractivity contribution in [2.75, 3.05) is 0 Å². The fraction of sp³-hybridized carbons (Fsp3) is 0.0263. The maximum Gasteiger partial charge on any atom is 0.160 e. The highest BCUT2D eigenvalue weighted by Crippen LogP contribution is 2.42. The van der Waals surface area contributed by atoms with Crippen molar-refractivity contribution < 1.29 is 0 Å². The molecular weight excluding hydrogens is 498 g/mol. The second-order valence-corrected chi connectivity index (χ2v) is 10.5. The van der Waals surface area contributed by atoms with Crippen LogP contribution in [0.5, 0.6) is 0 Å². The number of hydrogen-bond donors (Lipinski definition) is 0. The summed E-state index contributed by atoms with van der Waals surface area (Å²) < 4.78 is 0. The van der Waals surface area contributed by atoms with Gasteiger partial charge in [0.25, 0.3) is 0 Å². The van der Waals surface area contributed by atoms with Crippen LogP contribution in [0, 0.1) is 0 Å². The van der Waals surface area contributed by atoms with Gasteiger partial charge in [0.05, 0.1) is 16.9 Å². The van der Waals surface area contributed by atoms with Crippen molar-refractivity contribution in [3.63, 3.8) is 0 Å². The van der Waals surface area contributed by atoms with Gasteiger partial charge in [-0.2, -0.15) is 0 Å². The van der Waals surface area contributed by atoms with E-state index in [1.807, 2.05) is 24.4 Å². The van der Waals surface area contributed by atoms with Gasteiger partial charge in [-0.1, -0.05) is 103 Å². The van der Waals surface area contributed by atoms with Crippen molar-refractivity contribution in [2.45, 2.75) is 6.42 Å². The summed E-state index contributed by atoms with van der Waals surface area (Å²) in [5.41, 5.74) is 13.5.